The summed E-state index contributed by atoms with van der Waals surface area (Å²) in [4.78, 5) is 0. The summed E-state index contributed by atoms with van der Waals surface area (Å²) in [6, 6.07) is 7.70. The largest absolute Gasteiger partial charge is 0.409 e. The van der Waals surface area contributed by atoms with Gasteiger partial charge in [0.05, 0.1) is 6.10 Å². The van der Waals surface area contributed by atoms with Gasteiger partial charge in [-0.1, -0.05) is 17.3 Å². The second-order valence-electron chi connectivity index (χ2n) is 4.24. The van der Waals surface area contributed by atoms with Gasteiger partial charge in [-0.3, -0.25) is 0 Å². The lowest BCUT2D eigenvalue weighted by molar-refractivity contribution is 0.104. The lowest BCUT2D eigenvalue weighted by Crippen LogP contribution is -2.15. The van der Waals surface area contributed by atoms with E-state index in [9.17, 15) is 0 Å². The number of aromatic nitrogens is 1. The van der Waals surface area contributed by atoms with Crippen LogP contribution in [0.15, 0.2) is 35.6 Å². The maximum atomic E-state index is 8.77. The van der Waals surface area contributed by atoms with Gasteiger partial charge in [0.25, 0.3) is 0 Å². The fraction of sp³-hybridized carbons (Fsp3) is 0.308. The third kappa shape index (κ3) is 2.17. The molecule has 0 aliphatic rings. The van der Waals surface area contributed by atoms with Crippen LogP contribution in [0.25, 0.3) is 10.9 Å². The summed E-state index contributed by atoms with van der Waals surface area (Å²) >= 11 is 0. The van der Waals surface area contributed by atoms with Gasteiger partial charge in [-0.05, 0) is 19.1 Å². The molecule has 1 unspecified atom stereocenters. The number of oxime groups is 1. The summed E-state index contributed by atoms with van der Waals surface area (Å²) < 4.78 is 7.36. The molecule has 1 aromatic carbocycles. The summed E-state index contributed by atoms with van der Waals surface area (Å²) in [5, 5.41) is 12.8. The minimum atomic E-state index is 0.123. The molecule has 2 rings (SSSR count). The van der Waals surface area contributed by atoms with Crippen LogP contribution in [0.4, 0.5) is 0 Å². The normalized spacial score (nSPS) is 14.0. The number of fused-ring (bicyclic) bond motifs is 1. The summed E-state index contributed by atoms with van der Waals surface area (Å²) in [7, 11) is 1.69. The Morgan fingerprint density at radius 3 is 2.94 bits per heavy atom. The molecule has 1 atom stereocenters. The quantitative estimate of drug-likeness (QED) is 0.374. The molecule has 2 aromatic rings. The number of ether oxygens (including phenoxy) is 1. The minimum Gasteiger partial charge on any atom is -0.409 e. The van der Waals surface area contributed by atoms with Gasteiger partial charge in [0.15, 0.2) is 5.84 Å². The van der Waals surface area contributed by atoms with E-state index in [1.54, 1.807) is 7.11 Å². The molecular formula is C13H17N3O2. The molecule has 18 heavy (non-hydrogen) atoms. The van der Waals surface area contributed by atoms with Crippen molar-refractivity contribution >= 4 is 16.7 Å². The molecule has 0 aliphatic heterocycles. The number of amidine groups is 1. The summed E-state index contributed by atoms with van der Waals surface area (Å²) in [5.41, 5.74) is 7.44. The zero-order valence-corrected chi connectivity index (χ0v) is 10.5. The van der Waals surface area contributed by atoms with Gasteiger partial charge in [-0.25, -0.2) is 0 Å². The number of hydrogen-bond acceptors (Lipinski definition) is 3. The third-order valence-electron chi connectivity index (χ3n) is 3.05. The topological polar surface area (TPSA) is 72.8 Å². The maximum Gasteiger partial charge on any atom is 0.170 e. The molecule has 1 heterocycles. The van der Waals surface area contributed by atoms with E-state index in [2.05, 4.69) is 9.72 Å². The Morgan fingerprint density at radius 2 is 2.28 bits per heavy atom. The molecule has 5 heteroatoms. The Labute approximate surface area is 105 Å². The fourth-order valence-corrected chi connectivity index (χ4v) is 2.01. The number of benzene rings is 1. The van der Waals surface area contributed by atoms with Crippen LogP contribution in [0.2, 0.25) is 0 Å². The SMILES string of the molecule is COC(C)Cn1ccc2c(/C(N)=N/O)cccc21. The van der Waals surface area contributed by atoms with Gasteiger partial charge in [0.2, 0.25) is 0 Å². The standard InChI is InChI=1S/C13H17N3O2/c1-9(18-2)8-16-7-6-10-11(13(14)15-17)4-3-5-12(10)16/h3-7,9,17H,8H2,1-2H3,(H2,14,15). The first-order valence-corrected chi connectivity index (χ1v) is 5.76. The van der Waals surface area contributed by atoms with Crippen molar-refractivity contribution in [2.24, 2.45) is 10.9 Å². The third-order valence-corrected chi connectivity index (χ3v) is 3.05. The Bertz CT molecular complexity index is 575. The van der Waals surface area contributed by atoms with E-state index in [0.29, 0.717) is 0 Å². The molecule has 0 saturated heterocycles. The zero-order valence-electron chi connectivity index (χ0n) is 10.5. The van der Waals surface area contributed by atoms with E-state index >= 15 is 0 Å². The van der Waals surface area contributed by atoms with Crippen LogP contribution in [-0.4, -0.2) is 28.8 Å². The number of hydrogen-bond donors (Lipinski definition) is 2. The average molecular weight is 247 g/mol. The zero-order chi connectivity index (χ0) is 13.1. The maximum absolute atomic E-state index is 8.77. The van der Waals surface area contributed by atoms with Crippen LogP contribution < -0.4 is 5.73 Å². The van der Waals surface area contributed by atoms with Gasteiger partial charge in [-0.15, -0.1) is 0 Å². The van der Waals surface area contributed by atoms with Crippen LogP contribution >= 0.6 is 0 Å². The summed E-state index contributed by atoms with van der Waals surface area (Å²) in [6.07, 6.45) is 2.11. The van der Waals surface area contributed by atoms with Gasteiger partial charge < -0.3 is 20.2 Å². The number of methoxy groups -OCH3 is 1. The summed E-state index contributed by atoms with van der Waals surface area (Å²) in [6.45, 7) is 2.78. The Morgan fingerprint density at radius 1 is 1.50 bits per heavy atom. The predicted octanol–water partition coefficient (Wildman–Crippen LogP) is 1.77. The van der Waals surface area contributed by atoms with Crippen LogP contribution in [-0.2, 0) is 11.3 Å². The van der Waals surface area contributed by atoms with E-state index < -0.39 is 0 Å². The Kier molecular flexibility index (Phi) is 3.53. The monoisotopic (exact) mass is 247 g/mol. The van der Waals surface area contributed by atoms with E-state index in [-0.39, 0.29) is 11.9 Å². The van der Waals surface area contributed by atoms with E-state index in [1.165, 1.54) is 0 Å². The average Bonchev–Trinajstić information content (AvgIpc) is 2.81. The van der Waals surface area contributed by atoms with Gasteiger partial charge >= 0.3 is 0 Å². The lowest BCUT2D eigenvalue weighted by Gasteiger charge is -2.12. The van der Waals surface area contributed by atoms with Crippen LogP contribution in [0.1, 0.15) is 12.5 Å². The Balaban J connectivity index is 2.48. The highest BCUT2D eigenvalue weighted by Crippen LogP contribution is 2.20. The van der Waals surface area contributed by atoms with E-state index in [1.807, 2.05) is 37.4 Å². The Hall–Kier alpha value is -2.01. The molecule has 5 nitrogen and oxygen atoms in total. The highest BCUT2D eigenvalue weighted by molar-refractivity contribution is 6.08. The molecule has 0 spiro atoms. The van der Waals surface area contributed by atoms with Gasteiger partial charge in [0.1, 0.15) is 0 Å². The molecular weight excluding hydrogens is 230 g/mol. The molecule has 0 bridgehead atoms. The number of rotatable bonds is 4. The molecule has 0 amide bonds. The first-order chi connectivity index (χ1) is 8.67. The van der Waals surface area contributed by atoms with Crippen LogP contribution in [0, 0.1) is 0 Å². The molecule has 96 valence electrons. The second-order valence-corrected chi connectivity index (χ2v) is 4.24. The smallest absolute Gasteiger partial charge is 0.170 e. The van der Waals surface area contributed by atoms with Crippen molar-refractivity contribution in [1.82, 2.24) is 4.57 Å². The molecule has 0 radical (unpaired) electrons. The first kappa shape index (κ1) is 12.4. The molecule has 0 aliphatic carbocycles. The first-order valence-electron chi connectivity index (χ1n) is 5.76. The fourth-order valence-electron chi connectivity index (χ4n) is 2.01. The van der Waals surface area contributed by atoms with Crippen molar-refractivity contribution in [3.8, 4) is 0 Å². The highest BCUT2D eigenvalue weighted by Gasteiger charge is 2.10. The van der Waals surface area contributed by atoms with Crippen molar-refractivity contribution in [2.75, 3.05) is 7.11 Å². The number of nitrogens with zero attached hydrogens (tertiary/aromatic N) is 2. The van der Waals surface area contributed by atoms with Crippen molar-refractivity contribution in [1.29, 1.82) is 0 Å². The van der Waals surface area contributed by atoms with Crippen molar-refractivity contribution in [3.63, 3.8) is 0 Å². The molecule has 0 fully saturated rings. The highest BCUT2D eigenvalue weighted by atomic mass is 16.5. The van der Waals surface area contributed by atoms with E-state index in [0.717, 1.165) is 23.0 Å². The van der Waals surface area contributed by atoms with Gasteiger partial charge in [-0.2, -0.15) is 0 Å². The lowest BCUT2D eigenvalue weighted by atomic mass is 10.1. The number of nitrogens with two attached hydrogens (primary N) is 1. The van der Waals surface area contributed by atoms with Crippen molar-refractivity contribution in [3.05, 3.63) is 36.0 Å². The second kappa shape index (κ2) is 5.10. The van der Waals surface area contributed by atoms with Crippen LogP contribution in [0.3, 0.4) is 0 Å². The molecule has 3 N–H and O–H groups in total. The minimum absolute atomic E-state index is 0.123. The molecule has 0 saturated carbocycles. The van der Waals surface area contributed by atoms with Gasteiger partial charge in [0, 0.05) is 36.3 Å². The van der Waals surface area contributed by atoms with Crippen molar-refractivity contribution in [2.45, 2.75) is 19.6 Å². The summed E-state index contributed by atoms with van der Waals surface area (Å²) in [5.74, 6) is 0.123. The van der Waals surface area contributed by atoms with Crippen molar-refractivity contribution < 1.29 is 9.94 Å². The predicted molar refractivity (Wildman–Crippen MR) is 70.9 cm³/mol. The van der Waals surface area contributed by atoms with E-state index in [4.69, 9.17) is 15.7 Å². The van der Waals surface area contributed by atoms with Crippen LogP contribution in [0.5, 0.6) is 0 Å². The molecule has 1 aromatic heterocycles.